The number of carbonyl (C=O) groups is 2. The first-order valence-electron chi connectivity index (χ1n) is 27.3. The molecule has 2 aromatic carbocycles. The lowest BCUT2D eigenvalue weighted by molar-refractivity contribution is -0.141. The van der Waals surface area contributed by atoms with Crippen LogP contribution in [0.15, 0.2) is 89.0 Å². The van der Waals surface area contributed by atoms with Crippen LogP contribution in [0, 0.1) is 5.92 Å². The Morgan fingerprint density at radius 2 is 1.65 bits per heavy atom. The van der Waals surface area contributed by atoms with Crippen molar-refractivity contribution in [3.8, 4) is 39.2 Å². The topological polar surface area (TPSA) is 251 Å². The number of hydrogen-bond donors (Lipinski definition) is 5. The molecule has 21 heteroatoms. The van der Waals surface area contributed by atoms with E-state index < -0.39 is 18.1 Å². The fourth-order valence-electron chi connectivity index (χ4n) is 12.0. The van der Waals surface area contributed by atoms with Crippen LogP contribution in [0.1, 0.15) is 94.7 Å². The number of nitrogen functional groups attached to an aromatic ring is 1. The highest BCUT2D eigenvalue weighted by Gasteiger charge is 2.45. The average Bonchev–Trinajstić information content (AvgIpc) is 4.36. The van der Waals surface area contributed by atoms with Crippen LogP contribution in [-0.4, -0.2) is 151 Å². The van der Waals surface area contributed by atoms with E-state index in [4.69, 9.17) is 24.5 Å². The van der Waals surface area contributed by atoms with Gasteiger partial charge >= 0.3 is 0 Å². The second kappa shape index (κ2) is 23.2. The van der Waals surface area contributed by atoms with Gasteiger partial charge in [-0.2, -0.15) is 0 Å². The molecule has 1 aliphatic carbocycles. The molecule has 5 fully saturated rings. The molecule has 5 aliphatic rings. The lowest BCUT2D eigenvalue weighted by atomic mass is 9.91. The fraction of sp³-hybridized carbons (Fsp3) is 0.491. The van der Waals surface area contributed by atoms with E-state index in [0.717, 1.165) is 92.1 Å². The van der Waals surface area contributed by atoms with Crippen LogP contribution < -0.4 is 30.3 Å². The molecule has 20 nitrogen and oxygen atoms in total. The largest absolute Gasteiger partial charge is 0.507 e. The number of nitrogens with one attached hydrogen (secondary N) is 1. The van der Waals surface area contributed by atoms with Gasteiger partial charge in [0.25, 0.3) is 5.88 Å². The van der Waals surface area contributed by atoms with Crippen LogP contribution in [-0.2, 0) is 20.9 Å². The van der Waals surface area contributed by atoms with Crippen molar-refractivity contribution in [3.63, 3.8) is 0 Å². The van der Waals surface area contributed by atoms with E-state index in [1.165, 1.54) is 16.2 Å². The fourth-order valence-corrected chi connectivity index (χ4v) is 12.8. The summed E-state index contributed by atoms with van der Waals surface area (Å²) in [4.78, 5) is 46.4. The number of para-hydroxylation sites is 1. The zero-order valence-electron chi connectivity index (χ0n) is 44.3. The number of rotatable bonds is 19. The number of nitrogens with zero attached hydrogens (tertiary/aromatic N) is 9. The molecule has 6 aromatic rings. The third-order valence-corrected chi connectivity index (χ3v) is 17.1. The van der Waals surface area contributed by atoms with Crippen LogP contribution in [0.4, 0.5) is 17.2 Å². The highest BCUT2D eigenvalue weighted by Crippen LogP contribution is 2.41. The summed E-state index contributed by atoms with van der Waals surface area (Å²) >= 11 is 1.46. The summed E-state index contributed by atoms with van der Waals surface area (Å²) in [5.41, 5.74) is 13.7. The lowest BCUT2D eigenvalue weighted by Crippen LogP contribution is -2.54. The summed E-state index contributed by atoms with van der Waals surface area (Å²) in [5, 5.41) is 46.6. The van der Waals surface area contributed by atoms with Crippen LogP contribution in [0.2, 0.25) is 0 Å². The van der Waals surface area contributed by atoms with Crippen molar-refractivity contribution in [2.45, 2.75) is 127 Å². The number of pyridine rings is 1. The molecule has 4 saturated heterocycles. The zero-order valence-corrected chi connectivity index (χ0v) is 45.1. The number of fused-ring (bicyclic) bond motifs is 2. The van der Waals surface area contributed by atoms with Crippen molar-refractivity contribution in [3.05, 3.63) is 102 Å². The van der Waals surface area contributed by atoms with E-state index in [2.05, 4.69) is 57.5 Å². The molecule has 4 aliphatic heterocycles. The highest BCUT2D eigenvalue weighted by atomic mass is 32.1. The number of β-amino-alcohol motifs (C(OH)–C–C–N with tert-alkyl or cyclic N) is 1. The Labute approximate surface area is 457 Å². The second-order valence-corrected chi connectivity index (χ2v) is 22.6. The summed E-state index contributed by atoms with van der Waals surface area (Å²) in [5.74, 6) is 0.219. The van der Waals surface area contributed by atoms with Gasteiger partial charge in [0, 0.05) is 100 Å². The molecule has 0 spiro atoms. The van der Waals surface area contributed by atoms with Gasteiger partial charge in [0.1, 0.15) is 30.4 Å². The number of nitrogens with two attached hydrogens (primary N) is 1. The molecule has 6 atom stereocenters. The second-order valence-electron chi connectivity index (χ2n) is 21.7. The van der Waals surface area contributed by atoms with Gasteiger partial charge in [0.05, 0.1) is 58.4 Å². The first-order chi connectivity index (χ1) is 37.8. The molecule has 4 aromatic heterocycles. The molecule has 0 radical (unpaired) electrons. The number of aliphatic hydroxyl groups is 2. The molecule has 2 bridgehead atoms. The van der Waals surface area contributed by atoms with Gasteiger partial charge in [-0.25, -0.2) is 9.97 Å². The smallest absolute Gasteiger partial charge is 0.254 e. The van der Waals surface area contributed by atoms with E-state index in [9.17, 15) is 24.9 Å². The van der Waals surface area contributed by atoms with Gasteiger partial charge in [-0.15, -0.1) is 21.5 Å². The number of benzene rings is 2. The van der Waals surface area contributed by atoms with Gasteiger partial charge in [0.15, 0.2) is 11.6 Å². The number of piperidine rings is 1. The molecule has 2 amide bonds. The number of anilines is 3. The van der Waals surface area contributed by atoms with Gasteiger partial charge in [-0.05, 0) is 79.1 Å². The molecule has 1 saturated carbocycles. The zero-order chi connectivity index (χ0) is 54.0. The molecular weight excluding hydrogens is 1010 g/mol. The highest BCUT2D eigenvalue weighted by molar-refractivity contribution is 7.13. The summed E-state index contributed by atoms with van der Waals surface area (Å²) < 4.78 is 24.7. The number of likely N-dealkylation sites (tertiary alicyclic amines) is 2. The molecule has 1 unspecified atom stereocenters. The number of ether oxygens (including phenoxy) is 3. The predicted octanol–water partition coefficient (Wildman–Crippen LogP) is 6.34. The Morgan fingerprint density at radius 3 is 2.40 bits per heavy atom. The van der Waals surface area contributed by atoms with E-state index in [1.807, 2.05) is 69.4 Å². The van der Waals surface area contributed by atoms with E-state index in [-0.39, 0.29) is 79.5 Å². The minimum atomic E-state index is -0.858. The monoisotopic (exact) mass is 1080 g/mol. The maximum Gasteiger partial charge on any atom is 0.254 e. The number of amides is 2. The number of aromatic nitrogens is 5. The van der Waals surface area contributed by atoms with Crippen LogP contribution in [0.3, 0.4) is 0 Å². The average molecular weight is 1080 g/mol. The van der Waals surface area contributed by atoms with Crippen molar-refractivity contribution < 1.29 is 43.6 Å². The quantitative estimate of drug-likeness (QED) is 0.0594. The number of thiazole rings is 1. The Kier molecular flexibility index (Phi) is 15.8. The van der Waals surface area contributed by atoms with E-state index in [1.54, 1.807) is 23.7 Å². The SMILES string of the molecule is CC(C)[C@@H](C(=O)N1C[C@H](O)C[C@H]1C(=O)N[C@@H](C)c1ccc(-c2scnc2CO)cc1)c1cc(OCCN2CCC(OC3CC(Oc4cc(N5C6CC[C@@H]5CN(c5cc(-c7ccccc7O)nnc5N)C6)ccn4)C3)CC2)no1. The van der Waals surface area contributed by atoms with Crippen LogP contribution in [0.25, 0.3) is 21.7 Å². The minimum absolute atomic E-state index is 0.0328. The normalized spacial score (nSPS) is 23.3. The summed E-state index contributed by atoms with van der Waals surface area (Å²) in [6.45, 7) is 10.0. The van der Waals surface area contributed by atoms with Crippen molar-refractivity contribution in [2.75, 3.05) is 61.4 Å². The van der Waals surface area contributed by atoms with E-state index >= 15 is 0 Å². The van der Waals surface area contributed by atoms with Crippen molar-refractivity contribution in [2.24, 2.45) is 5.92 Å². The maximum atomic E-state index is 14.3. The predicted molar refractivity (Wildman–Crippen MR) is 293 cm³/mol. The standard InChI is InChI=1S/C57H69N11O9S/c1-33(2)53(57(73)67-30-40(70)23-48(67)56(72)61-34(3)35-8-10-36(11-9-35)54-46(31-69)60-32-78-54)50-27-52(64-77-50)74-21-20-65-18-15-41(16-19-65)75-42-24-43(25-42)76-51-22-37(14-17-59-51)68-38-12-13-39(68)29-66(28-38)47-26-45(62-63-55(47)58)44-6-4-5-7-49(44)71/h4-11,14,17,22,26-27,32-34,38-43,48,53,69-71H,12-13,15-16,18-21,23-25,28-31H2,1-3H3,(H2,58,63)(H,61,72)/t34-,38+,39?,40+,42?,43?,48-,53+/m0/s1. The number of aromatic hydroxyl groups is 1. The van der Waals surface area contributed by atoms with Gasteiger partial charge in [-0.1, -0.05) is 50.2 Å². The van der Waals surface area contributed by atoms with Gasteiger partial charge in [-0.3, -0.25) is 14.5 Å². The molecule has 412 valence electrons. The molecule has 11 rings (SSSR count). The lowest BCUT2D eigenvalue weighted by Gasteiger charge is -2.43. The maximum absolute atomic E-state index is 14.3. The Morgan fingerprint density at radius 1 is 0.885 bits per heavy atom. The van der Waals surface area contributed by atoms with Crippen molar-refractivity contribution in [1.29, 1.82) is 0 Å². The van der Waals surface area contributed by atoms with E-state index in [0.29, 0.717) is 53.4 Å². The Hall–Kier alpha value is -6.91. The van der Waals surface area contributed by atoms with Crippen LogP contribution >= 0.6 is 11.3 Å². The summed E-state index contributed by atoms with van der Waals surface area (Å²) in [6, 6.07) is 21.9. The third kappa shape index (κ3) is 11.5. The third-order valence-electron chi connectivity index (χ3n) is 16.2. The number of phenols is 1. The van der Waals surface area contributed by atoms with Gasteiger partial charge < -0.3 is 59.8 Å². The number of phenolic OH excluding ortho intramolecular Hbond substituents is 1. The minimum Gasteiger partial charge on any atom is -0.507 e. The summed E-state index contributed by atoms with van der Waals surface area (Å²) in [7, 11) is 0. The van der Waals surface area contributed by atoms with Crippen molar-refractivity contribution >= 4 is 40.3 Å². The molecule has 78 heavy (non-hydrogen) atoms. The van der Waals surface area contributed by atoms with Crippen LogP contribution in [0.5, 0.6) is 17.5 Å². The number of hydrogen-bond acceptors (Lipinski definition) is 19. The molecular formula is C57H69N11O9S. The number of piperazine rings is 1. The number of carbonyl (C=O) groups excluding carboxylic acids is 2. The Balaban J connectivity index is 0.601. The molecule has 6 N–H and O–H groups in total. The Bertz CT molecular complexity index is 3020. The first kappa shape index (κ1) is 53.1. The first-order valence-corrected chi connectivity index (χ1v) is 28.2. The molecule has 8 heterocycles. The van der Waals surface area contributed by atoms with Crippen molar-refractivity contribution in [1.82, 2.24) is 40.4 Å². The number of aliphatic hydroxyl groups excluding tert-OH is 2. The summed E-state index contributed by atoms with van der Waals surface area (Å²) in [6.07, 6.45) is 7.13. The van der Waals surface area contributed by atoms with Gasteiger partial charge in [0.2, 0.25) is 17.7 Å².